The molecule has 0 spiro atoms. The molecule has 1 aromatic heterocycles. The molecule has 0 aliphatic carbocycles. The van der Waals surface area contributed by atoms with E-state index in [1.807, 2.05) is 4.90 Å². The fourth-order valence-corrected chi connectivity index (χ4v) is 2.13. The SMILES string of the molecule is CC1CNCCN1C(=O)c1cscn1.Cl.Cl. The van der Waals surface area contributed by atoms with Crippen LogP contribution < -0.4 is 5.32 Å². The Morgan fingerprint density at radius 2 is 2.38 bits per heavy atom. The molecule has 1 atom stereocenters. The summed E-state index contributed by atoms with van der Waals surface area (Å²) in [6.07, 6.45) is 0. The minimum Gasteiger partial charge on any atom is -0.332 e. The fraction of sp³-hybridized carbons (Fsp3) is 0.556. The summed E-state index contributed by atoms with van der Waals surface area (Å²) in [5.74, 6) is 0.0558. The third-order valence-corrected chi connectivity index (χ3v) is 3.00. The van der Waals surface area contributed by atoms with Crippen LogP contribution in [0.2, 0.25) is 0 Å². The summed E-state index contributed by atoms with van der Waals surface area (Å²) in [4.78, 5) is 17.8. The standard InChI is InChI=1S/C9H13N3OS.2ClH/c1-7-4-10-2-3-12(7)9(13)8-5-14-6-11-8;;/h5-7,10H,2-4H2,1H3;2*1H. The second kappa shape index (κ2) is 7.06. The van der Waals surface area contributed by atoms with Crippen LogP contribution in [0.1, 0.15) is 17.4 Å². The first-order chi connectivity index (χ1) is 6.79. The van der Waals surface area contributed by atoms with Crippen molar-refractivity contribution >= 4 is 42.1 Å². The number of nitrogens with zero attached hydrogens (tertiary/aromatic N) is 2. The molecule has 1 amide bonds. The lowest BCUT2D eigenvalue weighted by atomic mass is 10.2. The van der Waals surface area contributed by atoms with Gasteiger partial charge in [0.1, 0.15) is 5.69 Å². The Bertz CT molecular complexity index is 321. The van der Waals surface area contributed by atoms with Crippen LogP contribution in [-0.4, -0.2) is 41.5 Å². The van der Waals surface area contributed by atoms with E-state index in [1.165, 1.54) is 11.3 Å². The Hall–Kier alpha value is -0.360. The molecule has 1 unspecified atom stereocenters. The van der Waals surface area contributed by atoms with Crippen LogP contribution in [0.25, 0.3) is 0 Å². The molecule has 1 N–H and O–H groups in total. The average molecular weight is 284 g/mol. The molecule has 0 aromatic carbocycles. The molecule has 7 heteroatoms. The molecule has 1 aliphatic heterocycles. The predicted molar refractivity (Wildman–Crippen MR) is 70.0 cm³/mol. The first-order valence-corrected chi connectivity index (χ1v) is 5.63. The van der Waals surface area contributed by atoms with Gasteiger partial charge in [-0.1, -0.05) is 0 Å². The first-order valence-electron chi connectivity index (χ1n) is 4.69. The van der Waals surface area contributed by atoms with E-state index in [4.69, 9.17) is 0 Å². The van der Waals surface area contributed by atoms with Crippen LogP contribution in [0, 0.1) is 0 Å². The summed E-state index contributed by atoms with van der Waals surface area (Å²) in [7, 11) is 0. The first kappa shape index (κ1) is 15.6. The van der Waals surface area contributed by atoms with Crippen molar-refractivity contribution in [1.29, 1.82) is 0 Å². The van der Waals surface area contributed by atoms with Crippen LogP contribution in [-0.2, 0) is 0 Å². The van der Waals surface area contributed by atoms with Crippen LogP contribution >= 0.6 is 36.2 Å². The second-order valence-electron chi connectivity index (χ2n) is 3.43. The summed E-state index contributed by atoms with van der Waals surface area (Å²) in [5.41, 5.74) is 2.27. The topological polar surface area (TPSA) is 45.2 Å². The maximum atomic E-state index is 11.9. The Balaban J connectivity index is 0.00000112. The largest absolute Gasteiger partial charge is 0.332 e. The molecule has 1 aromatic rings. The van der Waals surface area contributed by atoms with Crippen LogP contribution in [0.4, 0.5) is 0 Å². The van der Waals surface area contributed by atoms with Crippen molar-refractivity contribution < 1.29 is 4.79 Å². The van der Waals surface area contributed by atoms with E-state index in [9.17, 15) is 4.79 Å². The molecule has 1 saturated heterocycles. The van der Waals surface area contributed by atoms with E-state index >= 15 is 0 Å². The number of piperazine rings is 1. The molecule has 2 heterocycles. The number of nitrogens with one attached hydrogen (secondary N) is 1. The Morgan fingerprint density at radius 3 is 2.94 bits per heavy atom. The normalized spacial score (nSPS) is 19.6. The number of aromatic nitrogens is 1. The summed E-state index contributed by atoms with van der Waals surface area (Å²) < 4.78 is 0. The summed E-state index contributed by atoms with van der Waals surface area (Å²) >= 11 is 1.46. The number of carbonyl (C=O) groups is 1. The highest BCUT2D eigenvalue weighted by Crippen LogP contribution is 2.10. The van der Waals surface area contributed by atoms with E-state index in [-0.39, 0.29) is 36.8 Å². The number of thiazole rings is 1. The lowest BCUT2D eigenvalue weighted by Crippen LogP contribution is -2.52. The highest BCUT2D eigenvalue weighted by molar-refractivity contribution is 7.07. The van der Waals surface area contributed by atoms with Crippen molar-refractivity contribution in [3.63, 3.8) is 0 Å². The third kappa shape index (κ3) is 3.31. The lowest BCUT2D eigenvalue weighted by Gasteiger charge is -2.33. The number of hydrogen-bond acceptors (Lipinski definition) is 4. The minimum atomic E-state index is 0. The molecule has 1 fully saturated rings. The van der Waals surface area contributed by atoms with Gasteiger partial charge in [-0.15, -0.1) is 36.2 Å². The van der Waals surface area contributed by atoms with Crippen molar-refractivity contribution in [2.24, 2.45) is 0 Å². The van der Waals surface area contributed by atoms with Gasteiger partial charge in [0.2, 0.25) is 0 Å². The van der Waals surface area contributed by atoms with Gasteiger partial charge < -0.3 is 10.2 Å². The smallest absolute Gasteiger partial charge is 0.273 e. The van der Waals surface area contributed by atoms with Crippen molar-refractivity contribution in [2.45, 2.75) is 13.0 Å². The molecular weight excluding hydrogens is 269 g/mol. The van der Waals surface area contributed by atoms with Crippen molar-refractivity contribution in [2.75, 3.05) is 19.6 Å². The predicted octanol–water partition coefficient (Wildman–Crippen LogP) is 1.42. The van der Waals surface area contributed by atoms with E-state index in [0.717, 1.165) is 19.6 Å². The van der Waals surface area contributed by atoms with Crippen molar-refractivity contribution in [3.8, 4) is 0 Å². The number of halogens is 2. The highest BCUT2D eigenvalue weighted by Gasteiger charge is 2.24. The van der Waals surface area contributed by atoms with E-state index < -0.39 is 0 Å². The van der Waals surface area contributed by atoms with Gasteiger partial charge >= 0.3 is 0 Å². The molecule has 0 saturated carbocycles. The Labute approximate surface area is 111 Å². The molecule has 2 rings (SSSR count). The fourth-order valence-electron chi connectivity index (χ4n) is 1.61. The van der Waals surface area contributed by atoms with Crippen molar-refractivity contribution in [1.82, 2.24) is 15.2 Å². The summed E-state index contributed by atoms with van der Waals surface area (Å²) in [5, 5.41) is 5.06. The zero-order valence-electron chi connectivity index (χ0n) is 8.88. The molecule has 4 nitrogen and oxygen atoms in total. The van der Waals surface area contributed by atoms with Gasteiger partial charge in [0.15, 0.2) is 0 Å². The second-order valence-corrected chi connectivity index (χ2v) is 4.14. The number of hydrogen-bond donors (Lipinski definition) is 1. The number of carbonyl (C=O) groups excluding carboxylic acids is 1. The monoisotopic (exact) mass is 283 g/mol. The van der Waals surface area contributed by atoms with Crippen LogP contribution in [0.15, 0.2) is 10.9 Å². The maximum absolute atomic E-state index is 11.9. The third-order valence-electron chi connectivity index (χ3n) is 2.41. The number of amides is 1. The minimum absolute atomic E-state index is 0. The van der Waals surface area contributed by atoms with E-state index in [0.29, 0.717) is 5.69 Å². The van der Waals surface area contributed by atoms with E-state index in [1.54, 1.807) is 10.9 Å². The van der Waals surface area contributed by atoms with Crippen molar-refractivity contribution in [3.05, 3.63) is 16.6 Å². The van der Waals surface area contributed by atoms with Gasteiger partial charge in [-0.25, -0.2) is 4.98 Å². The Kier molecular flexibility index (Phi) is 6.90. The summed E-state index contributed by atoms with van der Waals surface area (Å²) in [6.45, 7) is 4.57. The molecular formula is C9H15Cl2N3OS. The van der Waals surface area contributed by atoms with Gasteiger partial charge in [0.05, 0.1) is 5.51 Å². The Morgan fingerprint density at radius 1 is 1.62 bits per heavy atom. The zero-order valence-corrected chi connectivity index (χ0v) is 11.3. The summed E-state index contributed by atoms with van der Waals surface area (Å²) in [6, 6.07) is 0.262. The van der Waals surface area contributed by atoms with Gasteiger partial charge in [-0.05, 0) is 6.92 Å². The highest BCUT2D eigenvalue weighted by atomic mass is 35.5. The van der Waals surface area contributed by atoms with Crippen LogP contribution in [0.3, 0.4) is 0 Å². The lowest BCUT2D eigenvalue weighted by molar-refractivity contribution is 0.0650. The van der Waals surface area contributed by atoms with Gasteiger partial charge in [-0.3, -0.25) is 4.79 Å². The molecule has 0 radical (unpaired) electrons. The molecule has 16 heavy (non-hydrogen) atoms. The zero-order chi connectivity index (χ0) is 9.97. The van der Waals surface area contributed by atoms with Gasteiger partial charge in [0.25, 0.3) is 5.91 Å². The molecule has 92 valence electrons. The number of rotatable bonds is 1. The van der Waals surface area contributed by atoms with Gasteiger partial charge in [0, 0.05) is 31.1 Å². The maximum Gasteiger partial charge on any atom is 0.273 e. The molecule has 1 aliphatic rings. The van der Waals surface area contributed by atoms with Crippen LogP contribution in [0.5, 0.6) is 0 Å². The van der Waals surface area contributed by atoms with Gasteiger partial charge in [-0.2, -0.15) is 0 Å². The quantitative estimate of drug-likeness (QED) is 0.848. The molecule has 0 bridgehead atoms. The van der Waals surface area contributed by atoms with E-state index in [2.05, 4.69) is 17.2 Å². The average Bonchev–Trinajstić information content (AvgIpc) is 2.70.